The number of amides is 1. The highest BCUT2D eigenvalue weighted by molar-refractivity contribution is 5.77. The summed E-state index contributed by atoms with van der Waals surface area (Å²) < 4.78 is 0. The zero-order chi connectivity index (χ0) is 11.3. The van der Waals surface area contributed by atoms with Crippen molar-refractivity contribution in [3.63, 3.8) is 0 Å². The molecule has 0 aliphatic carbocycles. The van der Waals surface area contributed by atoms with Crippen LogP contribution in [0.25, 0.3) is 0 Å². The van der Waals surface area contributed by atoms with E-state index in [-0.39, 0.29) is 5.91 Å². The van der Waals surface area contributed by atoms with Gasteiger partial charge in [-0.3, -0.25) is 9.69 Å². The summed E-state index contributed by atoms with van der Waals surface area (Å²) in [7, 11) is 0. The van der Waals surface area contributed by atoms with Crippen LogP contribution in [-0.2, 0) is 4.79 Å². The Labute approximate surface area is 92.2 Å². The third kappa shape index (κ3) is 3.80. The van der Waals surface area contributed by atoms with Gasteiger partial charge in [0.1, 0.15) is 0 Å². The summed E-state index contributed by atoms with van der Waals surface area (Å²) in [5, 5.41) is 2.83. The first-order valence-corrected chi connectivity index (χ1v) is 5.86. The number of piperidine rings is 1. The molecule has 1 aliphatic rings. The normalized spacial score (nSPS) is 27.7. The minimum atomic E-state index is 0.128. The molecule has 0 bridgehead atoms. The van der Waals surface area contributed by atoms with Crippen LogP contribution in [0.4, 0.5) is 0 Å². The molecule has 3 N–H and O–H groups in total. The van der Waals surface area contributed by atoms with Crippen LogP contribution in [0.15, 0.2) is 0 Å². The number of carbonyl (C=O) groups excluding carboxylic acids is 1. The van der Waals surface area contributed by atoms with Crippen molar-refractivity contribution in [2.24, 2.45) is 17.6 Å². The van der Waals surface area contributed by atoms with Gasteiger partial charge < -0.3 is 11.1 Å². The van der Waals surface area contributed by atoms with Gasteiger partial charge >= 0.3 is 0 Å². The average Bonchev–Trinajstić information content (AvgIpc) is 2.21. The Balaban J connectivity index is 2.34. The third-order valence-electron chi connectivity index (χ3n) is 3.24. The van der Waals surface area contributed by atoms with Gasteiger partial charge in [-0.15, -0.1) is 0 Å². The minimum absolute atomic E-state index is 0.128. The lowest BCUT2D eigenvalue weighted by atomic mass is 9.87. The summed E-state index contributed by atoms with van der Waals surface area (Å²) in [5.74, 6) is 1.37. The second-order valence-electron chi connectivity index (χ2n) is 4.45. The van der Waals surface area contributed by atoms with E-state index in [9.17, 15) is 4.79 Å². The summed E-state index contributed by atoms with van der Waals surface area (Å²) in [5.41, 5.74) is 5.72. The molecule has 0 saturated carbocycles. The molecule has 0 aromatic rings. The SMILES string of the molecule is CCNC(=O)CN1CCC(C)C(CN)C1. The molecule has 0 aromatic carbocycles. The summed E-state index contributed by atoms with van der Waals surface area (Å²) >= 11 is 0. The number of hydrogen-bond donors (Lipinski definition) is 2. The molecule has 2 atom stereocenters. The Bertz CT molecular complexity index is 208. The molecular formula is C11H23N3O. The van der Waals surface area contributed by atoms with Crippen LogP contribution in [0.2, 0.25) is 0 Å². The monoisotopic (exact) mass is 213 g/mol. The van der Waals surface area contributed by atoms with E-state index in [2.05, 4.69) is 17.1 Å². The van der Waals surface area contributed by atoms with E-state index < -0.39 is 0 Å². The first-order chi connectivity index (χ1) is 7.17. The number of hydrogen-bond acceptors (Lipinski definition) is 3. The highest BCUT2D eigenvalue weighted by Gasteiger charge is 2.25. The number of likely N-dealkylation sites (N-methyl/N-ethyl adjacent to an activating group) is 1. The van der Waals surface area contributed by atoms with Crippen LogP contribution >= 0.6 is 0 Å². The molecule has 0 radical (unpaired) electrons. The van der Waals surface area contributed by atoms with Crippen LogP contribution < -0.4 is 11.1 Å². The van der Waals surface area contributed by atoms with Crippen molar-refractivity contribution in [1.29, 1.82) is 0 Å². The van der Waals surface area contributed by atoms with Crippen LogP contribution in [-0.4, -0.2) is 43.5 Å². The van der Waals surface area contributed by atoms with Gasteiger partial charge in [-0.2, -0.15) is 0 Å². The van der Waals surface area contributed by atoms with Crippen LogP contribution in [0, 0.1) is 11.8 Å². The second-order valence-corrected chi connectivity index (χ2v) is 4.45. The molecule has 1 heterocycles. The maximum Gasteiger partial charge on any atom is 0.234 e. The van der Waals surface area contributed by atoms with Gasteiger partial charge in [0.05, 0.1) is 6.54 Å². The van der Waals surface area contributed by atoms with Crippen molar-refractivity contribution in [1.82, 2.24) is 10.2 Å². The Morgan fingerprint density at radius 2 is 2.33 bits per heavy atom. The van der Waals surface area contributed by atoms with Crippen molar-refractivity contribution < 1.29 is 4.79 Å². The molecule has 4 nitrogen and oxygen atoms in total. The molecular weight excluding hydrogens is 190 g/mol. The van der Waals surface area contributed by atoms with E-state index in [1.165, 1.54) is 0 Å². The summed E-state index contributed by atoms with van der Waals surface area (Å²) in [6.07, 6.45) is 1.15. The molecule has 1 aliphatic heterocycles. The van der Waals surface area contributed by atoms with Crippen molar-refractivity contribution in [2.45, 2.75) is 20.3 Å². The van der Waals surface area contributed by atoms with Crippen LogP contribution in [0.1, 0.15) is 20.3 Å². The minimum Gasteiger partial charge on any atom is -0.355 e. The zero-order valence-electron chi connectivity index (χ0n) is 9.83. The maximum atomic E-state index is 11.4. The number of nitrogens with two attached hydrogens (primary N) is 1. The smallest absolute Gasteiger partial charge is 0.234 e. The number of rotatable bonds is 4. The van der Waals surface area contributed by atoms with E-state index >= 15 is 0 Å². The van der Waals surface area contributed by atoms with Gasteiger partial charge in [-0.05, 0) is 38.3 Å². The first-order valence-electron chi connectivity index (χ1n) is 5.86. The predicted octanol–water partition coefficient (Wildman–Crippen LogP) is 0.0392. The fraction of sp³-hybridized carbons (Fsp3) is 0.909. The van der Waals surface area contributed by atoms with Gasteiger partial charge in [0, 0.05) is 13.1 Å². The quantitative estimate of drug-likeness (QED) is 0.693. The fourth-order valence-corrected chi connectivity index (χ4v) is 2.13. The Hall–Kier alpha value is -0.610. The fourth-order valence-electron chi connectivity index (χ4n) is 2.13. The van der Waals surface area contributed by atoms with E-state index in [0.29, 0.717) is 24.9 Å². The lowest BCUT2D eigenvalue weighted by Gasteiger charge is -2.36. The zero-order valence-corrected chi connectivity index (χ0v) is 9.83. The highest BCUT2D eigenvalue weighted by atomic mass is 16.2. The standard InChI is InChI=1S/C11H23N3O/c1-3-13-11(15)8-14-5-4-9(2)10(6-12)7-14/h9-10H,3-8,12H2,1-2H3,(H,13,15). The Kier molecular flexibility index (Phi) is 5.05. The van der Waals surface area contributed by atoms with Crippen molar-refractivity contribution in [3.8, 4) is 0 Å². The molecule has 1 fully saturated rings. The number of nitrogens with one attached hydrogen (secondary N) is 1. The summed E-state index contributed by atoms with van der Waals surface area (Å²) in [4.78, 5) is 13.6. The van der Waals surface area contributed by atoms with E-state index in [1.54, 1.807) is 0 Å². The van der Waals surface area contributed by atoms with Crippen LogP contribution in [0.3, 0.4) is 0 Å². The molecule has 15 heavy (non-hydrogen) atoms. The molecule has 2 unspecified atom stereocenters. The molecule has 1 amide bonds. The lowest BCUT2D eigenvalue weighted by Crippen LogP contribution is -2.46. The largest absolute Gasteiger partial charge is 0.355 e. The predicted molar refractivity (Wildman–Crippen MR) is 61.4 cm³/mol. The van der Waals surface area contributed by atoms with Crippen LogP contribution in [0.5, 0.6) is 0 Å². The lowest BCUT2D eigenvalue weighted by molar-refractivity contribution is -0.122. The van der Waals surface area contributed by atoms with Crippen molar-refractivity contribution in [3.05, 3.63) is 0 Å². The maximum absolute atomic E-state index is 11.4. The average molecular weight is 213 g/mol. The molecule has 1 rings (SSSR count). The summed E-state index contributed by atoms with van der Waals surface area (Å²) in [6, 6.07) is 0. The Morgan fingerprint density at radius 3 is 2.93 bits per heavy atom. The molecule has 4 heteroatoms. The van der Waals surface area contributed by atoms with Gasteiger partial charge in [0.2, 0.25) is 5.91 Å². The number of carbonyl (C=O) groups is 1. The van der Waals surface area contributed by atoms with Crippen molar-refractivity contribution in [2.75, 3.05) is 32.7 Å². The number of likely N-dealkylation sites (tertiary alicyclic amines) is 1. The first kappa shape index (κ1) is 12.5. The third-order valence-corrected chi connectivity index (χ3v) is 3.24. The van der Waals surface area contributed by atoms with Gasteiger partial charge in [0.15, 0.2) is 0 Å². The molecule has 1 saturated heterocycles. The van der Waals surface area contributed by atoms with Gasteiger partial charge in [0.25, 0.3) is 0 Å². The van der Waals surface area contributed by atoms with Gasteiger partial charge in [-0.25, -0.2) is 0 Å². The second kappa shape index (κ2) is 6.08. The van der Waals surface area contributed by atoms with E-state index in [4.69, 9.17) is 5.73 Å². The van der Waals surface area contributed by atoms with E-state index in [0.717, 1.165) is 26.1 Å². The molecule has 0 spiro atoms. The molecule has 0 aromatic heterocycles. The van der Waals surface area contributed by atoms with Crippen molar-refractivity contribution >= 4 is 5.91 Å². The Morgan fingerprint density at radius 1 is 1.60 bits per heavy atom. The molecule has 88 valence electrons. The van der Waals surface area contributed by atoms with Gasteiger partial charge in [-0.1, -0.05) is 6.92 Å². The highest BCUT2D eigenvalue weighted by Crippen LogP contribution is 2.21. The van der Waals surface area contributed by atoms with E-state index in [1.807, 2.05) is 6.92 Å². The topological polar surface area (TPSA) is 58.4 Å². The number of nitrogens with zero attached hydrogens (tertiary/aromatic N) is 1. The summed E-state index contributed by atoms with van der Waals surface area (Å²) in [6.45, 7) is 8.15.